The zero-order valence-corrected chi connectivity index (χ0v) is 12.7. The van der Waals surface area contributed by atoms with Gasteiger partial charge in [-0.1, -0.05) is 48.5 Å². The van der Waals surface area contributed by atoms with Gasteiger partial charge in [0, 0.05) is 12.1 Å². The van der Waals surface area contributed by atoms with Gasteiger partial charge in [-0.15, -0.1) is 12.4 Å². The van der Waals surface area contributed by atoms with Gasteiger partial charge in [-0.2, -0.15) is 0 Å². The van der Waals surface area contributed by atoms with Gasteiger partial charge < -0.3 is 10.1 Å². The number of hydrogen-bond donors (Lipinski definition) is 1. The molecule has 1 N–H and O–H groups in total. The molecule has 0 amide bonds. The van der Waals surface area contributed by atoms with Crippen molar-refractivity contribution >= 4 is 18.5 Å². The van der Waals surface area contributed by atoms with Crippen LogP contribution >= 0.6 is 12.4 Å². The lowest BCUT2D eigenvalue weighted by atomic mass is 10.1. The predicted molar refractivity (Wildman–Crippen MR) is 90.2 cm³/mol. The molecule has 21 heavy (non-hydrogen) atoms. The second kappa shape index (κ2) is 7.87. The molecule has 0 unspecified atom stereocenters. The molecular weight excluding hydrogens is 282 g/mol. The molecule has 0 saturated carbocycles. The van der Waals surface area contributed by atoms with E-state index in [1.54, 1.807) is 0 Å². The molecule has 0 aliphatic carbocycles. The molecule has 110 valence electrons. The molecule has 1 aliphatic rings. The summed E-state index contributed by atoms with van der Waals surface area (Å²) in [4.78, 5) is 0. The Morgan fingerprint density at radius 2 is 1.71 bits per heavy atom. The van der Waals surface area contributed by atoms with Crippen LogP contribution in [-0.4, -0.2) is 19.7 Å². The SMILES string of the molecule is C1=C(CNCCc2ccccc2)COc2ccccc21.Cl. The van der Waals surface area contributed by atoms with Crippen LogP contribution < -0.4 is 10.1 Å². The summed E-state index contributed by atoms with van der Waals surface area (Å²) in [5, 5.41) is 3.49. The van der Waals surface area contributed by atoms with Gasteiger partial charge in [0.2, 0.25) is 0 Å². The van der Waals surface area contributed by atoms with Crippen LogP contribution in [0.3, 0.4) is 0 Å². The van der Waals surface area contributed by atoms with Crippen LogP contribution in [-0.2, 0) is 6.42 Å². The molecule has 3 heteroatoms. The van der Waals surface area contributed by atoms with Crippen molar-refractivity contribution in [1.29, 1.82) is 0 Å². The molecule has 0 saturated heterocycles. The van der Waals surface area contributed by atoms with Crippen molar-refractivity contribution in [2.75, 3.05) is 19.7 Å². The number of benzene rings is 2. The first-order valence-corrected chi connectivity index (χ1v) is 7.08. The molecule has 0 atom stereocenters. The van der Waals surface area contributed by atoms with Gasteiger partial charge in [0.15, 0.2) is 0 Å². The van der Waals surface area contributed by atoms with Crippen molar-refractivity contribution in [3.05, 3.63) is 71.3 Å². The van der Waals surface area contributed by atoms with Gasteiger partial charge in [-0.25, -0.2) is 0 Å². The Kier molecular flexibility index (Phi) is 5.85. The van der Waals surface area contributed by atoms with E-state index in [1.807, 2.05) is 18.2 Å². The van der Waals surface area contributed by atoms with Crippen LogP contribution in [0.1, 0.15) is 11.1 Å². The largest absolute Gasteiger partial charge is 0.489 e. The third-order valence-electron chi connectivity index (χ3n) is 3.48. The molecule has 0 bridgehead atoms. The monoisotopic (exact) mass is 301 g/mol. The number of nitrogens with one attached hydrogen (secondary N) is 1. The fraction of sp³-hybridized carbons (Fsp3) is 0.222. The minimum atomic E-state index is 0. The zero-order chi connectivity index (χ0) is 13.6. The van der Waals surface area contributed by atoms with Crippen molar-refractivity contribution in [2.24, 2.45) is 0 Å². The number of fused-ring (bicyclic) bond motifs is 1. The van der Waals surface area contributed by atoms with Crippen molar-refractivity contribution in [1.82, 2.24) is 5.32 Å². The van der Waals surface area contributed by atoms with E-state index in [2.05, 4.69) is 47.8 Å². The summed E-state index contributed by atoms with van der Waals surface area (Å²) in [6, 6.07) is 18.7. The first-order chi connectivity index (χ1) is 9.92. The minimum absolute atomic E-state index is 0. The topological polar surface area (TPSA) is 21.3 Å². The highest BCUT2D eigenvalue weighted by atomic mass is 35.5. The number of rotatable bonds is 5. The van der Waals surface area contributed by atoms with Crippen molar-refractivity contribution in [2.45, 2.75) is 6.42 Å². The lowest BCUT2D eigenvalue weighted by molar-refractivity contribution is 0.343. The van der Waals surface area contributed by atoms with Gasteiger partial charge in [0.25, 0.3) is 0 Å². The molecule has 0 spiro atoms. The highest BCUT2D eigenvalue weighted by molar-refractivity contribution is 5.85. The number of ether oxygens (including phenoxy) is 1. The fourth-order valence-electron chi connectivity index (χ4n) is 2.39. The lowest BCUT2D eigenvalue weighted by Crippen LogP contribution is -2.23. The molecule has 1 aliphatic heterocycles. The minimum Gasteiger partial charge on any atom is -0.489 e. The van der Waals surface area contributed by atoms with Crippen LogP contribution in [0.15, 0.2) is 60.2 Å². The lowest BCUT2D eigenvalue weighted by Gasteiger charge is -2.18. The maximum Gasteiger partial charge on any atom is 0.127 e. The van der Waals surface area contributed by atoms with Crippen LogP contribution in [0.25, 0.3) is 6.08 Å². The van der Waals surface area contributed by atoms with Gasteiger partial charge in [-0.3, -0.25) is 0 Å². The van der Waals surface area contributed by atoms with E-state index in [9.17, 15) is 0 Å². The summed E-state index contributed by atoms with van der Waals surface area (Å²) < 4.78 is 5.74. The summed E-state index contributed by atoms with van der Waals surface area (Å²) >= 11 is 0. The van der Waals surface area contributed by atoms with Crippen LogP contribution in [0.5, 0.6) is 5.75 Å². The Bertz CT molecular complexity index is 595. The van der Waals surface area contributed by atoms with E-state index < -0.39 is 0 Å². The highest BCUT2D eigenvalue weighted by Gasteiger charge is 2.09. The third-order valence-corrected chi connectivity index (χ3v) is 3.48. The van der Waals surface area contributed by atoms with Crippen molar-refractivity contribution < 1.29 is 4.74 Å². The Morgan fingerprint density at radius 1 is 0.952 bits per heavy atom. The predicted octanol–water partition coefficient (Wildman–Crippen LogP) is 3.72. The molecule has 1 heterocycles. The second-order valence-corrected chi connectivity index (χ2v) is 5.04. The molecule has 2 aromatic carbocycles. The number of para-hydroxylation sites is 1. The Labute approximate surface area is 132 Å². The summed E-state index contributed by atoms with van der Waals surface area (Å²) in [6.07, 6.45) is 3.29. The standard InChI is InChI=1S/C18H19NO.ClH/c1-2-6-15(7-3-1)10-11-19-13-16-12-17-8-4-5-9-18(17)20-14-16;/h1-9,12,19H,10-11,13-14H2;1H. The van der Waals surface area contributed by atoms with E-state index in [1.165, 1.54) is 16.7 Å². The van der Waals surface area contributed by atoms with Crippen LogP contribution in [0.2, 0.25) is 0 Å². The molecule has 2 aromatic rings. The van der Waals surface area contributed by atoms with Gasteiger partial charge in [-0.05, 0) is 36.2 Å². The maximum absolute atomic E-state index is 5.74. The Morgan fingerprint density at radius 3 is 2.57 bits per heavy atom. The van der Waals surface area contributed by atoms with E-state index in [0.29, 0.717) is 6.61 Å². The fourth-order valence-corrected chi connectivity index (χ4v) is 2.39. The molecule has 0 aromatic heterocycles. The van der Waals surface area contributed by atoms with E-state index >= 15 is 0 Å². The summed E-state index contributed by atoms with van der Waals surface area (Å²) in [7, 11) is 0. The van der Waals surface area contributed by atoms with E-state index in [0.717, 1.165) is 25.3 Å². The smallest absolute Gasteiger partial charge is 0.127 e. The van der Waals surface area contributed by atoms with Gasteiger partial charge >= 0.3 is 0 Å². The molecule has 2 nitrogen and oxygen atoms in total. The molecule has 0 fully saturated rings. The zero-order valence-electron chi connectivity index (χ0n) is 11.9. The van der Waals surface area contributed by atoms with Crippen LogP contribution in [0, 0.1) is 0 Å². The van der Waals surface area contributed by atoms with Crippen LogP contribution in [0.4, 0.5) is 0 Å². The Hall–Kier alpha value is -1.77. The average Bonchev–Trinajstić information content (AvgIpc) is 2.52. The molecule has 3 rings (SSSR count). The molecular formula is C18H20ClNO. The van der Waals surface area contributed by atoms with Gasteiger partial charge in [0.1, 0.15) is 12.4 Å². The summed E-state index contributed by atoms with van der Waals surface area (Å²) in [5.41, 5.74) is 3.86. The highest BCUT2D eigenvalue weighted by Crippen LogP contribution is 2.25. The van der Waals surface area contributed by atoms with Crippen molar-refractivity contribution in [3.8, 4) is 5.75 Å². The second-order valence-electron chi connectivity index (χ2n) is 5.04. The van der Waals surface area contributed by atoms with Gasteiger partial charge in [0.05, 0.1) is 0 Å². The first kappa shape index (κ1) is 15.6. The maximum atomic E-state index is 5.74. The quantitative estimate of drug-likeness (QED) is 0.850. The summed E-state index contributed by atoms with van der Waals surface area (Å²) in [6.45, 7) is 2.57. The normalized spacial score (nSPS) is 12.7. The molecule has 0 radical (unpaired) electrons. The number of hydrogen-bond acceptors (Lipinski definition) is 2. The van der Waals surface area contributed by atoms with E-state index in [-0.39, 0.29) is 12.4 Å². The first-order valence-electron chi connectivity index (χ1n) is 7.08. The third kappa shape index (κ3) is 4.35. The number of halogens is 1. The van der Waals surface area contributed by atoms with Crippen molar-refractivity contribution in [3.63, 3.8) is 0 Å². The van der Waals surface area contributed by atoms with E-state index in [4.69, 9.17) is 4.74 Å². The Balaban J connectivity index is 0.00000161. The average molecular weight is 302 g/mol. The summed E-state index contributed by atoms with van der Waals surface area (Å²) in [5.74, 6) is 0.987.